The lowest BCUT2D eigenvalue weighted by Crippen LogP contribution is -2.54. The summed E-state index contributed by atoms with van der Waals surface area (Å²) in [6.45, 7) is 3.63. The second-order valence-corrected chi connectivity index (χ2v) is 8.72. The number of nitrogens with one attached hydrogen (secondary N) is 1. The summed E-state index contributed by atoms with van der Waals surface area (Å²) in [5.41, 5.74) is 1.12. The molecule has 0 atom stereocenters. The number of hydrogen-bond acceptors (Lipinski definition) is 3. The lowest BCUT2D eigenvalue weighted by Gasteiger charge is -2.54. The second-order valence-electron chi connectivity index (χ2n) is 8.28. The van der Waals surface area contributed by atoms with E-state index in [4.69, 9.17) is 21.1 Å². The van der Waals surface area contributed by atoms with Crippen LogP contribution in [0.2, 0.25) is 5.02 Å². The van der Waals surface area contributed by atoms with Crippen LogP contribution in [-0.2, 0) is 6.54 Å². The Hall–Kier alpha value is -0.930. The van der Waals surface area contributed by atoms with Gasteiger partial charge in [0.2, 0.25) is 0 Å². The minimum atomic E-state index is 0.664. The minimum Gasteiger partial charge on any atom is -0.493 e. The fourth-order valence-corrected chi connectivity index (χ4v) is 5.99. The third-order valence-corrected chi connectivity index (χ3v) is 6.74. The zero-order valence-electron chi connectivity index (χ0n) is 15.4. The predicted octanol–water partition coefficient (Wildman–Crippen LogP) is 5.05. The molecule has 0 radical (unpaired) electrons. The summed E-state index contributed by atoms with van der Waals surface area (Å²) < 4.78 is 11.5. The first kappa shape index (κ1) is 17.5. The van der Waals surface area contributed by atoms with Gasteiger partial charge in [0.25, 0.3) is 0 Å². The number of rotatable bonds is 7. The number of ether oxygens (including phenoxy) is 2. The number of hydrogen-bond donors (Lipinski definition) is 1. The number of methoxy groups -OCH3 is 1. The molecule has 4 heteroatoms. The van der Waals surface area contributed by atoms with E-state index in [1.807, 2.05) is 12.1 Å². The molecule has 4 saturated carbocycles. The van der Waals surface area contributed by atoms with Gasteiger partial charge in [0, 0.05) is 29.2 Å². The molecule has 25 heavy (non-hydrogen) atoms. The van der Waals surface area contributed by atoms with E-state index in [-0.39, 0.29) is 0 Å². The molecular weight excluding hydrogens is 334 g/mol. The van der Waals surface area contributed by atoms with Gasteiger partial charge in [-0.3, -0.25) is 0 Å². The molecule has 138 valence electrons. The van der Waals surface area contributed by atoms with Crippen molar-refractivity contribution in [3.63, 3.8) is 0 Å². The average molecular weight is 364 g/mol. The number of benzene rings is 1. The largest absolute Gasteiger partial charge is 0.493 e. The molecule has 0 unspecified atom stereocenters. The fourth-order valence-electron chi connectivity index (χ4n) is 5.76. The summed E-state index contributed by atoms with van der Waals surface area (Å²) >= 11 is 6.31. The third kappa shape index (κ3) is 3.50. The van der Waals surface area contributed by atoms with Crippen LogP contribution >= 0.6 is 11.6 Å². The quantitative estimate of drug-likeness (QED) is 0.735. The van der Waals surface area contributed by atoms with Crippen LogP contribution in [0.5, 0.6) is 11.5 Å². The summed E-state index contributed by atoms with van der Waals surface area (Å²) in [7, 11) is 1.68. The van der Waals surface area contributed by atoms with Crippen LogP contribution in [0.3, 0.4) is 0 Å². The van der Waals surface area contributed by atoms with E-state index in [1.54, 1.807) is 7.11 Å². The molecule has 0 aromatic heterocycles. The molecule has 4 aliphatic carbocycles. The van der Waals surface area contributed by atoms with Crippen molar-refractivity contribution in [2.45, 2.75) is 58.0 Å². The van der Waals surface area contributed by atoms with E-state index in [2.05, 4.69) is 12.2 Å². The Balaban J connectivity index is 1.49. The van der Waals surface area contributed by atoms with Gasteiger partial charge in [-0.05, 0) is 68.3 Å². The molecule has 4 fully saturated rings. The number of halogens is 1. The molecule has 0 aliphatic heterocycles. The predicted molar refractivity (Wildman–Crippen MR) is 101 cm³/mol. The third-order valence-electron chi connectivity index (χ3n) is 6.52. The maximum atomic E-state index is 6.31. The van der Waals surface area contributed by atoms with Crippen molar-refractivity contribution in [1.82, 2.24) is 5.32 Å². The summed E-state index contributed by atoms with van der Waals surface area (Å²) in [4.78, 5) is 0. The zero-order valence-corrected chi connectivity index (χ0v) is 16.1. The molecule has 3 nitrogen and oxygen atoms in total. The molecular formula is C21H30ClNO2. The van der Waals surface area contributed by atoms with Crippen molar-refractivity contribution in [3.05, 3.63) is 22.7 Å². The van der Waals surface area contributed by atoms with Crippen molar-refractivity contribution >= 4 is 11.6 Å². The summed E-state index contributed by atoms with van der Waals surface area (Å²) in [6, 6.07) is 4.54. The van der Waals surface area contributed by atoms with Crippen molar-refractivity contribution in [1.29, 1.82) is 0 Å². The van der Waals surface area contributed by atoms with Crippen molar-refractivity contribution in [2.75, 3.05) is 13.7 Å². The van der Waals surface area contributed by atoms with E-state index >= 15 is 0 Å². The van der Waals surface area contributed by atoms with Gasteiger partial charge in [-0.25, -0.2) is 0 Å². The molecule has 1 N–H and O–H groups in total. The highest BCUT2D eigenvalue weighted by molar-refractivity contribution is 6.30. The molecule has 0 spiro atoms. The van der Waals surface area contributed by atoms with Gasteiger partial charge in [-0.15, -0.1) is 0 Å². The van der Waals surface area contributed by atoms with E-state index in [0.717, 1.165) is 53.7 Å². The Morgan fingerprint density at radius 1 is 1.08 bits per heavy atom. The van der Waals surface area contributed by atoms with Gasteiger partial charge in [0.05, 0.1) is 13.7 Å². The van der Waals surface area contributed by atoms with Crippen LogP contribution in [0.1, 0.15) is 51.0 Å². The summed E-state index contributed by atoms with van der Waals surface area (Å²) in [5, 5.41) is 4.59. The van der Waals surface area contributed by atoms with Crippen LogP contribution in [-0.4, -0.2) is 19.8 Å². The molecule has 0 amide bonds. The van der Waals surface area contributed by atoms with Gasteiger partial charge in [-0.2, -0.15) is 0 Å². The van der Waals surface area contributed by atoms with Crippen molar-refractivity contribution in [2.24, 2.45) is 23.7 Å². The van der Waals surface area contributed by atoms with Crippen molar-refractivity contribution in [3.8, 4) is 11.5 Å². The molecule has 1 aromatic rings. The van der Waals surface area contributed by atoms with Gasteiger partial charge in [-0.1, -0.05) is 18.5 Å². The van der Waals surface area contributed by atoms with Gasteiger partial charge >= 0.3 is 0 Å². The Morgan fingerprint density at radius 3 is 2.36 bits per heavy atom. The molecule has 1 aromatic carbocycles. The van der Waals surface area contributed by atoms with Crippen LogP contribution in [0.4, 0.5) is 0 Å². The van der Waals surface area contributed by atoms with Crippen LogP contribution in [0.15, 0.2) is 12.1 Å². The Morgan fingerprint density at radius 2 is 1.76 bits per heavy atom. The minimum absolute atomic E-state index is 0.664. The fraction of sp³-hybridized carbons (Fsp3) is 0.714. The smallest absolute Gasteiger partial charge is 0.165 e. The second kappa shape index (κ2) is 7.36. The van der Waals surface area contributed by atoms with Crippen LogP contribution < -0.4 is 14.8 Å². The topological polar surface area (TPSA) is 30.5 Å². The molecule has 4 aliphatic rings. The Labute approximate surface area is 156 Å². The molecule has 0 saturated heterocycles. The van der Waals surface area contributed by atoms with Gasteiger partial charge < -0.3 is 14.8 Å². The first-order valence-electron chi connectivity index (χ1n) is 9.90. The summed E-state index contributed by atoms with van der Waals surface area (Å²) in [5.74, 6) is 5.35. The monoisotopic (exact) mass is 363 g/mol. The van der Waals surface area contributed by atoms with Gasteiger partial charge in [0.15, 0.2) is 11.5 Å². The van der Waals surface area contributed by atoms with Crippen molar-refractivity contribution < 1.29 is 9.47 Å². The maximum Gasteiger partial charge on any atom is 0.165 e. The lowest BCUT2D eigenvalue weighted by molar-refractivity contribution is -0.0143. The first-order valence-corrected chi connectivity index (χ1v) is 10.3. The normalized spacial score (nSPS) is 32.8. The van der Waals surface area contributed by atoms with Gasteiger partial charge in [0.1, 0.15) is 0 Å². The van der Waals surface area contributed by atoms with E-state index in [0.29, 0.717) is 17.7 Å². The summed E-state index contributed by atoms with van der Waals surface area (Å²) in [6.07, 6.45) is 8.21. The SMILES string of the molecule is CCCOc1c(CNC2C3CC4CC(C3)CC2C4)cc(Cl)cc1OC. The standard InChI is InChI=1S/C21H30ClNO2/c1-3-4-25-21-17(10-18(22)11-19(21)24-2)12-23-20-15-6-13-5-14(8-15)9-16(20)7-13/h10-11,13-16,20,23H,3-9,12H2,1-2H3. The highest BCUT2D eigenvalue weighted by Gasteiger charge is 2.47. The van der Waals surface area contributed by atoms with E-state index < -0.39 is 0 Å². The first-order chi connectivity index (χ1) is 12.2. The van der Waals surface area contributed by atoms with Crippen LogP contribution in [0.25, 0.3) is 0 Å². The van der Waals surface area contributed by atoms with E-state index in [1.165, 1.54) is 32.1 Å². The molecule has 5 rings (SSSR count). The zero-order chi connectivity index (χ0) is 17.4. The highest BCUT2D eigenvalue weighted by atomic mass is 35.5. The lowest BCUT2D eigenvalue weighted by atomic mass is 9.54. The Kier molecular flexibility index (Phi) is 5.15. The highest BCUT2D eigenvalue weighted by Crippen LogP contribution is 2.53. The van der Waals surface area contributed by atoms with E-state index in [9.17, 15) is 0 Å². The Bertz CT molecular complexity index is 590. The average Bonchev–Trinajstić information content (AvgIpc) is 2.59. The molecule has 4 bridgehead atoms. The van der Waals surface area contributed by atoms with Crippen LogP contribution in [0, 0.1) is 23.7 Å². The molecule has 0 heterocycles. The maximum absolute atomic E-state index is 6.31.